The van der Waals surface area contributed by atoms with Gasteiger partial charge in [-0.05, 0) is 39.5 Å². The second-order valence-corrected chi connectivity index (χ2v) is 7.49. The van der Waals surface area contributed by atoms with Gasteiger partial charge in [-0.1, -0.05) is 103 Å². The van der Waals surface area contributed by atoms with E-state index in [-0.39, 0.29) is 11.9 Å². The van der Waals surface area contributed by atoms with Crippen molar-refractivity contribution in [2.24, 2.45) is 0 Å². The van der Waals surface area contributed by atoms with E-state index in [0.29, 0.717) is 6.42 Å². The van der Waals surface area contributed by atoms with Gasteiger partial charge in [0.1, 0.15) is 0 Å². The van der Waals surface area contributed by atoms with E-state index >= 15 is 0 Å². The van der Waals surface area contributed by atoms with Crippen molar-refractivity contribution in [3.8, 4) is 0 Å². The van der Waals surface area contributed by atoms with Crippen molar-refractivity contribution >= 4 is 5.91 Å². The Balaban J connectivity index is 2.94. The zero-order valence-corrected chi connectivity index (χ0v) is 18.6. The summed E-state index contributed by atoms with van der Waals surface area (Å²) in [7, 11) is 0. The van der Waals surface area contributed by atoms with Gasteiger partial charge in [-0.25, -0.2) is 0 Å². The van der Waals surface area contributed by atoms with E-state index in [2.05, 4.69) is 30.5 Å². The third kappa shape index (κ3) is 13.5. The summed E-state index contributed by atoms with van der Waals surface area (Å²) < 4.78 is 0. The number of carbonyl (C=O) groups excluding carboxylic acids is 1. The molecule has 3 heteroatoms. The molecule has 1 rings (SSSR count). The number of nitrogens with one attached hydrogen (secondary N) is 1. The lowest BCUT2D eigenvalue weighted by Crippen LogP contribution is -2.32. The lowest BCUT2D eigenvalue weighted by atomic mass is 10.1. The molecule has 0 aliphatic carbocycles. The highest BCUT2D eigenvalue weighted by atomic mass is 16.3. The molecule has 1 heterocycles. The van der Waals surface area contributed by atoms with Crippen LogP contribution in [0.2, 0.25) is 0 Å². The molecule has 0 saturated carbocycles. The van der Waals surface area contributed by atoms with Gasteiger partial charge in [0.2, 0.25) is 5.91 Å². The normalized spacial score (nSPS) is 30.9. The van der Waals surface area contributed by atoms with Crippen molar-refractivity contribution in [3.05, 3.63) is 96.2 Å². The average Bonchev–Trinajstić information content (AvgIpc) is 2.72. The van der Waals surface area contributed by atoms with Crippen molar-refractivity contribution in [3.63, 3.8) is 0 Å². The first-order valence-electron chi connectivity index (χ1n) is 10.8. The quantitative estimate of drug-likeness (QED) is 0.558. The van der Waals surface area contributed by atoms with Crippen LogP contribution in [-0.4, -0.2) is 23.2 Å². The van der Waals surface area contributed by atoms with Gasteiger partial charge in [-0.2, -0.15) is 0 Å². The van der Waals surface area contributed by atoms with Crippen LogP contribution in [0.1, 0.15) is 52.9 Å². The first-order valence-corrected chi connectivity index (χ1v) is 10.8. The number of hydrogen-bond acceptors (Lipinski definition) is 2. The number of amides is 1. The summed E-state index contributed by atoms with van der Waals surface area (Å²) in [5.74, 6) is -0.0896. The van der Waals surface area contributed by atoms with Crippen LogP contribution in [0.3, 0.4) is 0 Å². The predicted octanol–water partition coefficient (Wildman–Crippen LogP) is 6.05. The van der Waals surface area contributed by atoms with E-state index in [1.54, 1.807) is 18.2 Å². The third-order valence-electron chi connectivity index (χ3n) is 4.51. The molecule has 3 nitrogen and oxygen atoms in total. The Morgan fingerprint density at radius 1 is 1.00 bits per heavy atom. The molecule has 0 saturated heterocycles. The second-order valence-electron chi connectivity index (χ2n) is 7.49. The summed E-state index contributed by atoms with van der Waals surface area (Å²) >= 11 is 0. The van der Waals surface area contributed by atoms with E-state index in [1.807, 2.05) is 62.5 Å². The molecule has 0 bridgehead atoms. The minimum atomic E-state index is -0.516. The van der Waals surface area contributed by atoms with Crippen LogP contribution >= 0.6 is 0 Å². The lowest BCUT2D eigenvalue weighted by Gasteiger charge is -2.14. The Morgan fingerprint density at radius 2 is 1.73 bits per heavy atom. The molecule has 0 spiro atoms. The van der Waals surface area contributed by atoms with E-state index in [4.69, 9.17) is 0 Å². The molecule has 0 radical (unpaired) electrons. The van der Waals surface area contributed by atoms with Gasteiger partial charge < -0.3 is 10.4 Å². The van der Waals surface area contributed by atoms with Crippen LogP contribution in [0.25, 0.3) is 0 Å². The third-order valence-corrected chi connectivity index (χ3v) is 4.51. The number of aliphatic hydroxyl groups is 1. The number of rotatable bonds is 4. The SMILES string of the molecule is CCCC=CCC1C/C=C/C=C(C)\C=C\C=C\C(O)C/C=C(C)/C=C/C=C/C(=O)N1. The monoisotopic (exact) mass is 407 g/mol. The zero-order chi connectivity index (χ0) is 22.0. The number of unbranched alkanes of at least 4 members (excludes halogenated alkanes) is 1. The Labute approximate surface area is 182 Å². The van der Waals surface area contributed by atoms with Gasteiger partial charge in [-0.3, -0.25) is 4.79 Å². The predicted molar refractivity (Wildman–Crippen MR) is 129 cm³/mol. The van der Waals surface area contributed by atoms with Crippen LogP contribution in [0, 0.1) is 0 Å². The molecule has 0 aromatic rings. The molecule has 1 aliphatic heterocycles. The summed E-state index contributed by atoms with van der Waals surface area (Å²) in [6, 6.07) is 0.0661. The maximum Gasteiger partial charge on any atom is 0.244 e. The summed E-state index contributed by atoms with van der Waals surface area (Å²) in [6.07, 6.45) is 31.0. The first kappa shape index (κ1) is 25.4. The van der Waals surface area contributed by atoms with Crippen LogP contribution in [0.5, 0.6) is 0 Å². The van der Waals surface area contributed by atoms with Crippen molar-refractivity contribution in [2.75, 3.05) is 0 Å². The molecule has 2 N–H and O–H groups in total. The Bertz CT molecular complexity index is 745. The number of aliphatic hydroxyl groups excluding tert-OH is 1. The molecular weight excluding hydrogens is 370 g/mol. The summed E-state index contributed by atoms with van der Waals surface area (Å²) in [5.41, 5.74) is 2.16. The molecular formula is C27H37NO2. The Kier molecular flexibility index (Phi) is 13.7. The summed E-state index contributed by atoms with van der Waals surface area (Å²) in [5, 5.41) is 13.1. The largest absolute Gasteiger partial charge is 0.389 e. The van der Waals surface area contributed by atoms with Gasteiger partial charge in [-0.15, -0.1) is 0 Å². The highest BCUT2D eigenvalue weighted by Crippen LogP contribution is 2.06. The second kappa shape index (κ2) is 16.2. The average molecular weight is 408 g/mol. The standard InChI is InChI=1S/C27H37NO2/c1-4-5-6-7-17-25-18-11-8-14-23(2)15-9-12-19-26(29)22-21-24(3)16-10-13-20-27(30)28-25/h6-16,19-21,25-26,29H,4-5,17-18,22H2,1-3H3,(H,28,30)/b7-6?,11-8+,15-9+,16-10+,19-12+,20-13+,23-14-,24-21+. The van der Waals surface area contributed by atoms with Gasteiger partial charge in [0.15, 0.2) is 0 Å². The summed E-state index contributed by atoms with van der Waals surface area (Å²) in [4.78, 5) is 12.3. The smallest absolute Gasteiger partial charge is 0.244 e. The van der Waals surface area contributed by atoms with E-state index in [1.165, 1.54) is 0 Å². The van der Waals surface area contributed by atoms with Crippen molar-refractivity contribution in [2.45, 2.75) is 65.0 Å². The van der Waals surface area contributed by atoms with E-state index in [0.717, 1.165) is 36.8 Å². The van der Waals surface area contributed by atoms with Crippen molar-refractivity contribution < 1.29 is 9.90 Å². The number of carbonyl (C=O) groups is 1. The Morgan fingerprint density at radius 3 is 2.53 bits per heavy atom. The molecule has 1 amide bonds. The molecule has 0 fully saturated rings. The van der Waals surface area contributed by atoms with Gasteiger partial charge >= 0.3 is 0 Å². The zero-order valence-electron chi connectivity index (χ0n) is 18.6. The van der Waals surface area contributed by atoms with Crippen molar-refractivity contribution in [1.29, 1.82) is 0 Å². The van der Waals surface area contributed by atoms with Crippen molar-refractivity contribution in [1.82, 2.24) is 5.32 Å². The molecule has 30 heavy (non-hydrogen) atoms. The fraction of sp³-hybridized carbons (Fsp3) is 0.370. The summed E-state index contributed by atoms with van der Waals surface area (Å²) in [6.45, 7) is 6.17. The maximum atomic E-state index is 12.3. The Hall–Kier alpha value is -2.65. The highest BCUT2D eigenvalue weighted by Gasteiger charge is 2.07. The van der Waals surface area contributed by atoms with E-state index < -0.39 is 6.10 Å². The van der Waals surface area contributed by atoms with Crippen LogP contribution < -0.4 is 5.32 Å². The van der Waals surface area contributed by atoms with Gasteiger partial charge in [0.25, 0.3) is 0 Å². The van der Waals surface area contributed by atoms with E-state index in [9.17, 15) is 9.90 Å². The molecule has 0 aromatic carbocycles. The van der Waals surface area contributed by atoms with Crippen LogP contribution in [-0.2, 0) is 4.79 Å². The molecule has 1 aliphatic rings. The minimum absolute atomic E-state index is 0.0661. The molecule has 2 atom stereocenters. The lowest BCUT2D eigenvalue weighted by molar-refractivity contribution is -0.117. The topological polar surface area (TPSA) is 49.3 Å². The number of hydrogen-bond donors (Lipinski definition) is 2. The van der Waals surface area contributed by atoms with Crippen LogP contribution in [0.4, 0.5) is 0 Å². The fourth-order valence-electron chi connectivity index (χ4n) is 2.73. The van der Waals surface area contributed by atoms with Gasteiger partial charge in [0.05, 0.1) is 6.10 Å². The molecule has 2 unspecified atom stereocenters. The van der Waals surface area contributed by atoms with Crippen LogP contribution in [0.15, 0.2) is 96.2 Å². The molecule has 0 aromatic heterocycles. The minimum Gasteiger partial charge on any atom is -0.389 e. The van der Waals surface area contributed by atoms with Gasteiger partial charge in [0, 0.05) is 12.1 Å². The maximum absolute atomic E-state index is 12.3. The molecule has 162 valence electrons. The highest BCUT2D eigenvalue weighted by molar-refractivity contribution is 5.88. The first-order chi connectivity index (χ1) is 14.5. The number of allylic oxidation sites excluding steroid dienone is 11. The fourth-order valence-corrected chi connectivity index (χ4v) is 2.73.